The lowest BCUT2D eigenvalue weighted by molar-refractivity contribution is -0.313. The molecule has 2 aliphatic carbocycles. The number of hydrogen-bond acceptors (Lipinski definition) is 4. The molecule has 26 heavy (non-hydrogen) atoms. The second kappa shape index (κ2) is 6.67. The van der Waals surface area contributed by atoms with Crippen molar-refractivity contribution in [2.75, 3.05) is 5.32 Å². The number of allylic oxidation sites excluding steroid dienone is 2. The Labute approximate surface area is 151 Å². The molecule has 132 valence electrons. The predicted molar refractivity (Wildman–Crippen MR) is 94.3 cm³/mol. The fraction of sp³-hybridized carbons (Fsp3) is 0.238. The van der Waals surface area contributed by atoms with Gasteiger partial charge in [0.1, 0.15) is 11.5 Å². The summed E-state index contributed by atoms with van der Waals surface area (Å²) in [6.45, 7) is 0. The zero-order valence-electron chi connectivity index (χ0n) is 14.0. The third kappa shape index (κ3) is 3.08. The lowest BCUT2D eigenvalue weighted by Gasteiger charge is -2.27. The average molecular weight is 348 g/mol. The maximum Gasteiger partial charge on any atom is 0.228 e. The van der Waals surface area contributed by atoms with Crippen LogP contribution in [-0.4, -0.2) is 11.9 Å². The SMILES string of the molecule is O=C([O-])[C@@H]1[C@H](C(=O)Nc2ccc(Oc3ccccc3)cc2)[C@@H]2C=C[C@H]1C2. The van der Waals surface area contributed by atoms with Crippen molar-refractivity contribution in [3.05, 3.63) is 66.7 Å². The summed E-state index contributed by atoms with van der Waals surface area (Å²) < 4.78 is 5.72. The molecule has 0 aromatic heterocycles. The Morgan fingerprint density at radius 3 is 2.15 bits per heavy atom. The lowest BCUT2D eigenvalue weighted by atomic mass is 9.82. The van der Waals surface area contributed by atoms with E-state index in [1.165, 1.54) is 0 Å². The Balaban J connectivity index is 1.43. The molecule has 0 radical (unpaired) electrons. The Kier molecular flexibility index (Phi) is 4.21. The molecule has 0 spiro atoms. The molecule has 4 rings (SSSR count). The van der Waals surface area contributed by atoms with E-state index in [1.54, 1.807) is 24.3 Å². The summed E-state index contributed by atoms with van der Waals surface area (Å²) in [5, 5.41) is 14.3. The quantitative estimate of drug-likeness (QED) is 0.843. The van der Waals surface area contributed by atoms with Crippen molar-refractivity contribution in [1.29, 1.82) is 0 Å². The Hall–Kier alpha value is -3.08. The van der Waals surface area contributed by atoms with Gasteiger partial charge < -0.3 is 20.0 Å². The maximum absolute atomic E-state index is 12.6. The van der Waals surface area contributed by atoms with Crippen LogP contribution >= 0.6 is 0 Å². The maximum atomic E-state index is 12.6. The fourth-order valence-corrected chi connectivity index (χ4v) is 3.96. The Bertz CT molecular complexity index is 844. The van der Waals surface area contributed by atoms with Crippen LogP contribution in [0.3, 0.4) is 0 Å². The van der Waals surface area contributed by atoms with Crippen molar-refractivity contribution >= 4 is 17.6 Å². The molecule has 1 fully saturated rings. The van der Waals surface area contributed by atoms with Crippen LogP contribution < -0.4 is 15.2 Å². The average Bonchev–Trinajstić information content (AvgIpc) is 3.25. The summed E-state index contributed by atoms with van der Waals surface area (Å²) in [6, 6.07) is 16.4. The molecule has 1 N–H and O–H groups in total. The van der Waals surface area contributed by atoms with Gasteiger partial charge in [0.25, 0.3) is 0 Å². The smallest absolute Gasteiger partial charge is 0.228 e. The number of rotatable bonds is 5. The van der Waals surface area contributed by atoms with Crippen molar-refractivity contribution in [2.45, 2.75) is 6.42 Å². The van der Waals surface area contributed by atoms with Crippen LogP contribution in [-0.2, 0) is 9.59 Å². The fourth-order valence-electron chi connectivity index (χ4n) is 3.96. The number of amides is 1. The molecule has 0 unspecified atom stereocenters. The number of anilines is 1. The number of nitrogens with one attached hydrogen (secondary N) is 1. The summed E-state index contributed by atoms with van der Waals surface area (Å²) in [4.78, 5) is 24.1. The van der Waals surface area contributed by atoms with Gasteiger partial charge in [-0.1, -0.05) is 30.4 Å². The van der Waals surface area contributed by atoms with Crippen LogP contribution in [0, 0.1) is 23.7 Å². The molecule has 2 aliphatic rings. The summed E-state index contributed by atoms with van der Waals surface area (Å²) >= 11 is 0. The van der Waals surface area contributed by atoms with E-state index < -0.39 is 17.8 Å². The minimum atomic E-state index is -1.14. The van der Waals surface area contributed by atoms with E-state index in [0.717, 1.165) is 5.75 Å². The first kappa shape index (κ1) is 16.4. The van der Waals surface area contributed by atoms with Crippen molar-refractivity contribution < 1.29 is 19.4 Å². The summed E-state index contributed by atoms with van der Waals surface area (Å²) in [5.41, 5.74) is 0.610. The number of fused-ring (bicyclic) bond motifs is 2. The minimum Gasteiger partial charge on any atom is -0.550 e. The molecular weight excluding hydrogens is 330 g/mol. The van der Waals surface area contributed by atoms with Gasteiger partial charge in [0.15, 0.2) is 0 Å². The number of carbonyl (C=O) groups is 2. The zero-order valence-corrected chi connectivity index (χ0v) is 14.0. The van der Waals surface area contributed by atoms with Crippen LogP contribution in [0.15, 0.2) is 66.7 Å². The molecule has 1 saturated carbocycles. The van der Waals surface area contributed by atoms with Gasteiger partial charge in [-0.15, -0.1) is 0 Å². The third-order valence-electron chi connectivity index (χ3n) is 5.13. The molecule has 0 saturated heterocycles. The van der Waals surface area contributed by atoms with E-state index in [9.17, 15) is 14.7 Å². The van der Waals surface area contributed by atoms with Gasteiger partial charge in [0.2, 0.25) is 5.91 Å². The zero-order chi connectivity index (χ0) is 18.1. The number of para-hydroxylation sites is 1. The minimum absolute atomic E-state index is 0.0245. The molecular formula is C21H18NO4-. The number of hydrogen-bond donors (Lipinski definition) is 1. The van der Waals surface area contributed by atoms with Crippen molar-refractivity contribution in [2.24, 2.45) is 23.7 Å². The first-order valence-corrected chi connectivity index (χ1v) is 8.65. The number of carbonyl (C=O) groups excluding carboxylic acids is 2. The van der Waals surface area contributed by atoms with E-state index in [0.29, 0.717) is 17.9 Å². The highest BCUT2D eigenvalue weighted by molar-refractivity contribution is 5.96. The Morgan fingerprint density at radius 2 is 1.50 bits per heavy atom. The summed E-state index contributed by atoms with van der Waals surface area (Å²) in [5.74, 6) is -1.46. The molecule has 1 amide bonds. The number of benzene rings is 2. The van der Waals surface area contributed by atoms with Gasteiger partial charge in [-0.2, -0.15) is 0 Å². The number of carboxylic acid groups (broad SMARTS) is 1. The van der Waals surface area contributed by atoms with Crippen molar-refractivity contribution in [3.8, 4) is 11.5 Å². The molecule has 2 bridgehead atoms. The second-order valence-corrected chi connectivity index (χ2v) is 6.75. The number of ether oxygens (including phenoxy) is 1. The highest BCUT2D eigenvalue weighted by Crippen LogP contribution is 2.48. The van der Waals surface area contributed by atoms with Gasteiger partial charge in [-0.3, -0.25) is 4.79 Å². The number of carboxylic acids is 1. The molecule has 5 heteroatoms. The van der Waals surface area contributed by atoms with Gasteiger partial charge in [0.05, 0.1) is 5.92 Å². The molecule has 4 atom stereocenters. The van der Waals surface area contributed by atoms with Crippen LogP contribution in [0.25, 0.3) is 0 Å². The van der Waals surface area contributed by atoms with Gasteiger partial charge in [-0.05, 0) is 54.7 Å². The van der Waals surface area contributed by atoms with Gasteiger partial charge in [-0.25, -0.2) is 0 Å². The van der Waals surface area contributed by atoms with Crippen molar-refractivity contribution in [3.63, 3.8) is 0 Å². The third-order valence-corrected chi connectivity index (χ3v) is 5.13. The normalized spacial score (nSPS) is 25.8. The van der Waals surface area contributed by atoms with Gasteiger partial charge in [0, 0.05) is 17.6 Å². The molecule has 0 aliphatic heterocycles. The molecule has 2 aromatic carbocycles. The summed E-state index contributed by atoms with van der Waals surface area (Å²) in [7, 11) is 0. The predicted octanol–water partition coefficient (Wildman–Crippen LogP) is 2.61. The number of aliphatic carboxylic acids is 1. The highest BCUT2D eigenvalue weighted by atomic mass is 16.5. The largest absolute Gasteiger partial charge is 0.550 e. The topological polar surface area (TPSA) is 78.5 Å². The van der Waals surface area contributed by atoms with E-state index in [-0.39, 0.29) is 17.7 Å². The van der Waals surface area contributed by atoms with Gasteiger partial charge >= 0.3 is 0 Å². The molecule has 2 aromatic rings. The molecule has 0 heterocycles. The lowest BCUT2D eigenvalue weighted by Crippen LogP contribution is -2.42. The standard InChI is InChI=1S/C21H19NO4/c23-20(18-13-6-7-14(12-13)19(18)21(24)25)22-15-8-10-17(11-9-15)26-16-4-2-1-3-5-16/h1-11,13-14,18-19H,12H2,(H,22,23)(H,24,25)/p-1/t13-,14+,18-,19+/m1/s1. The monoisotopic (exact) mass is 348 g/mol. The van der Waals surface area contributed by atoms with E-state index in [2.05, 4.69) is 5.32 Å². The van der Waals surface area contributed by atoms with E-state index in [1.807, 2.05) is 42.5 Å². The Morgan fingerprint density at radius 1 is 0.885 bits per heavy atom. The van der Waals surface area contributed by atoms with Crippen molar-refractivity contribution in [1.82, 2.24) is 0 Å². The van der Waals surface area contributed by atoms with Crippen LogP contribution in [0.5, 0.6) is 11.5 Å². The second-order valence-electron chi connectivity index (χ2n) is 6.75. The highest BCUT2D eigenvalue weighted by Gasteiger charge is 2.48. The molecule has 5 nitrogen and oxygen atoms in total. The van der Waals surface area contributed by atoms with E-state index in [4.69, 9.17) is 4.74 Å². The van der Waals surface area contributed by atoms with Crippen LogP contribution in [0.2, 0.25) is 0 Å². The van der Waals surface area contributed by atoms with Crippen LogP contribution in [0.4, 0.5) is 5.69 Å². The summed E-state index contributed by atoms with van der Waals surface area (Å²) in [6.07, 6.45) is 4.55. The first-order valence-electron chi connectivity index (χ1n) is 8.65. The van der Waals surface area contributed by atoms with Crippen LogP contribution in [0.1, 0.15) is 6.42 Å². The first-order chi connectivity index (χ1) is 12.6. The van der Waals surface area contributed by atoms with E-state index >= 15 is 0 Å².